The summed E-state index contributed by atoms with van der Waals surface area (Å²) in [4.78, 5) is 13.1. The van der Waals surface area contributed by atoms with Gasteiger partial charge in [0.1, 0.15) is 0 Å². The Morgan fingerprint density at radius 2 is 2.11 bits per heavy atom. The summed E-state index contributed by atoms with van der Waals surface area (Å²) >= 11 is 1.80. The molecule has 0 atom stereocenters. The predicted octanol–water partition coefficient (Wildman–Crippen LogP) is 1.31. The van der Waals surface area contributed by atoms with Crippen molar-refractivity contribution in [3.63, 3.8) is 0 Å². The number of nitrogens with zero attached hydrogens (tertiary/aromatic N) is 1. The van der Waals surface area contributed by atoms with Crippen molar-refractivity contribution in [3.05, 3.63) is 29.8 Å². The summed E-state index contributed by atoms with van der Waals surface area (Å²) in [5, 5.41) is 0. The minimum atomic E-state index is -0.298. The van der Waals surface area contributed by atoms with Gasteiger partial charge in [-0.2, -0.15) is 11.8 Å². The lowest BCUT2D eigenvalue weighted by atomic mass is 10.1. The van der Waals surface area contributed by atoms with E-state index >= 15 is 0 Å². The molecular weight excluding hydrogens is 246 g/mol. The van der Waals surface area contributed by atoms with Crippen LogP contribution in [0.2, 0.25) is 0 Å². The molecular formula is C13H21N3OS. The highest BCUT2D eigenvalue weighted by Gasteiger charge is 2.10. The number of primary amides is 1. The number of nitrogen functional groups attached to an aromatic ring is 1. The number of rotatable bonds is 8. The van der Waals surface area contributed by atoms with Crippen LogP contribution in [0.1, 0.15) is 12.0 Å². The molecule has 0 fully saturated rings. The minimum absolute atomic E-state index is 0.280. The fraction of sp³-hybridized carbons (Fsp3) is 0.462. The van der Waals surface area contributed by atoms with Crippen LogP contribution in [-0.2, 0) is 11.3 Å². The molecule has 0 saturated carbocycles. The van der Waals surface area contributed by atoms with Crippen molar-refractivity contribution in [1.29, 1.82) is 0 Å². The van der Waals surface area contributed by atoms with Gasteiger partial charge in [0.2, 0.25) is 5.91 Å². The first-order chi connectivity index (χ1) is 8.63. The smallest absolute Gasteiger partial charge is 0.231 e. The molecule has 4 N–H and O–H groups in total. The maximum atomic E-state index is 11.1. The third-order valence-electron chi connectivity index (χ3n) is 2.65. The van der Waals surface area contributed by atoms with Crippen LogP contribution in [0, 0.1) is 0 Å². The summed E-state index contributed by atoms with van der Waals surface area (Å²) in [6, 6.07) is 7.72. The maximum Gasteiger partial charge on any atom is 0.231 e. The summed E-state index contributed by atoms with van der Waals surface area (Å²) in [6.45, 7) is 1.81. The fourth-order valence-electron chi connectivity index (χ4n) is 1.79. The van der Waals surface area contributed by atoms with Crippen molar-refractivity contribution in [3.8, 4) is 0 Å². The maximum absolute atomic E-state index is 11.1. The number of thioether (sulfide) groups is 1. The highest BCUT2D eigenvalue weighted by atomic mass is 32.2. The zero-order valence-corrected chi connectivity index (χ0v) is 11.6. The van der Waals surface area contributed by atoms with Crippen molar-refractivity contribution in [1.82, 2.24) is 4.90 Å². The van der Waals surface area contributed by atoms with Gasteiger partial charge in [-0.05, 0) is 36.6 Å². The van der Waals surface area contributed by atoms with Gasteiger partial charge in [0, 0.05) is 12.2 Å². The summed E-state index contributed by atoms with van der Waals surface area (Å²) in [5.74, 6) is 0.785. The molecule has 0 aliphatic carbocycles. The SMILES string of the molecule is CSCCCN(CC(N)=O)Cc1ccccc1N. The van der Waals surface area contributed by atoms with E-state index < -0.39 is 0 Å². The third-order valence-corrected chi connectivity index (χ3v) is 3.35. The number of hydrogen-bond donors (Lipinski definition) is 2. The largest absolute Gasteiger partial charge is 0.398 e. The summed E-state index contributed by atoms with van der Waals surface area (Å²) < 4.78 is 0. The van der Waals surface area contributed by atoms with Crippen molar-refractivity contribution in [2.24, 2.45) is 5.73 Å². The molecule has 0 aliphatic rings. The number of amides is 1. The van der Waals surface area contributed by atoms with Gasteiger partial charge in [0.05, 0.1) is 6.54 Å². The van der Waals surface area contributed by atoms with Gasteiger partial charge in [-0.1, -0.05) is 18.2 Å². The van der Waals surface area contributed by atoms with Crippen molar-refractivity contribution in [2.75, 3.05) is 30.8 Å². The highest BCUT2D eigenvalue weighted by molar-refractivity contribution is 7.98. The molecule has 0 saturated heterocycles. The lowest BCUT2D eigenvalue weighted by Crippen LogP contribution is -2.34. The Hall–Kier alpha value is -1.20. The van der Waals surface area contributed by atoms with E-state index in [4.69, 9.17) is 11.5 Å². The number of carbonyl (C=O) groups is 1. The van der Waals surface area contributed by atoms with Gasteiger partial charge in [-0.25, -0.2) is 0 Å². The van der Waals surface area contributed by atoms with Crippen LogP contribution in [0.25, 0.3) is 0 Å². The molecule has 1 aromatic carbocycles. The number of carbonyl (C=O) groups excluding carboxylic acids is 1. The van der Waals surface area contributed by atoms with Crippen molar-refractivity contribution in [2.45, 2.75) is 13.0 Å². The van der Waals surface area contributed by atoms with Crippen LogP contribution in [0.15, 0.2) is 24.3 Å². The second-order valence-corrected chi connectivity index (χ2v) is 5.21. The van der Waals surface area contributed by atoms with Gasteiger partial charge in [-0.15, -0.1) is 0 Å². The number of nitrogens with two attached hydrogens (primary N) is 2. The molecule has 0 heterocycles. The second-order valence-electron chi connectivity index (χ2n) is 4.22. The molecule has 100 valence electrons. The first-order valence-electron chi connectivity index (χ1n) is 5.96. The first kappa shape index (κ1) is 14.9. The topological polar surface area (TPSA) is 72.3 Å². The van der Waals surface area contributed by atoms with E-state index in [9.17, 15) is 4.79 Å². The average molecular weight is 267 g/mol. The molecule has 0 aromatic heterocycles. The Labute approximate surface area is 113 Å². The van der Waals surface area contributed by atoms with E-state index in [1.165, 1.54) is 0 Å². The first-order valence-corrected chi connectivity index (χ1v) is 7.36. The Morgan fingerprint density at radius 1 is 1.39 bits per heavy atom. The molecule has 5 heteroatoms. The van der Waals surface area contributed by atoms with Crippen molar-refractivity contribution < 1.29 is 4.79 Å². The minimum Gasteiger partial charge on any atom is -0.398 e. The van der Waals surface area contributed by atoms with E-state index in [0.29, 0.717) is 6.54 Å². The summed E-state index contributed by atoms with van der Waals surface area (Å²) in [5.41, 5.74) is 13.0. The van der Waals surface area contributed by atoms with Gasteiger partial charge in [0.15, 0.2) is 0 Å². The van der Waals surface area contributed by atoms with E-state index in [2.05, 4.69) is 6.26 Å². The van der Waals surface area contributed by atoms with Gasteiger partial charge < -0.3 is 11.5 Å². The van der Waals surface area contributed by atoms with Crippen LogP contribution in [0.5, 0.6) is 0 Å². The molecule has 0 radical (unpaired) electrons. The van der Waals surface area contributed by atoms with E-state index in [1.807, 2.05) is 29.2 Å². The summed E-state index contributed by atoms with van der Waals surface area (Å²) in [6.07, 6.45) is 3.12. The molecule has 0 bridgehead atoms. The predicted molar refractivity (Wildman–Crippen MR) is 78.3 cm³/mol. The molecule has 0 spiro atoms. The number of anilines is 1. The zero-order valence-electron chi connectivity index (χ0n) is 10.8. The van der Waals surface area contributed by atoms with E-state index in [0.717, 1.165) is 30.0 Å². The van der Waals surface area contributed by atoms with Crippen LogP contribution in [0.4, 0.5) is 5.69 Å². The Morgan fingerprint density at radius 3 is 2.72 bits per heavy atom. The van der Waals surface area contributed by atoms with Crippen LogP contribution in [0.3, 0.4) is 0 Å². The lowest BCUT2D eigenvalue weighted by molar-refractivity contribution is -0.119. The van der Waals surface area contributed by atoms with Crippen molar-refractivity contribution >= 4 is 23.4 Å². The van der Waals surface area contributed by atoms with Crippen LogP contribution < -0.4 is 11.5 Å². The molecule has 1 rings (SSSR count). The molecule has 18 heavy (non-hydrogen) atoms. The molecule has 1 aromatic rings. The van der Waals surface area contributed by atoms with Gasteiger partial charge in [-0.3, -0.25) is 9.69 Å². The Kier molecular flexibility index (Phi) is 6.60. The quantitative estimate of drug-likeness (QED) is 0.550. The van der Waals surface area contributed by atoms with Gasteiger partial charge >= 0.3 is 0 Å². The molecule has 4 nitrogen and oxygen atoms in total. The highest BCUT2D eigenvalue weighted by Crippen LogP contribution is 2.13. The van der Waals surface area contributed by atoms with E-state index in [-0.39, 0.29) is 12.5 Å². The van der Waals surface area contributed by atoms with E-state index in [1.54, 1.807) is 11.8 Å². The fourth-order valence-corrected chi connectivity index (χ4v) is 2.20. The van der Waals surface area contributed by atoms with Crippen LogP contribution in [-0.4, -0.2) is 35.9 Å². The standard InChI is InChI=1S/C13H21N3OS/c1-18-8-4-7-16(10-13(15)17)9-11-5-2-3-6-12(11)14/h2-3,5-6H,4,7-10,14H2,1H3,(H2,15,17). The second kappa shape index (κ2) is 8.00. The molecule has 0 unspecified atom stereocenters. The normalized spacial score (nSPS) is 10.8. The third kappa shape index (κ3) is 5.42. The van der Waals surface area contributed by atoms with Gasteiger partial charge in [0.25, 0.3) is 0 Å². The monoisotopic (exact) mass is 267 g/mol. The number of benzene rings is 1. The molecule has 0 aliphatic heterocycles. The molecule has 1 amide bonds. The van der Waals surface area contributed by atoms with Crippen LogP contribution >= 0.6 is 11.8 Å². The number of para-hydroxylation sites is 1. The average Bonchev–Trinajstić information content (AvgIpc) is 2.31. The number of hydrogen-bond acceptors (Lipinski definition) is 4. The summed E-state index contributed by atoms with van der Waals surface area (Å²) in [7, 11) is 0. The zero-order chi connectivity index (χ0) is 13.4. The Bertz CT molecular complexity index is 384. The Balaban J connectivity index is 2.59. The lowest BCUT2D eigenvalue weighted by Gasteiger charge is -2.21.